The zero-order chi connectivity index (χ0) is 13.0. The van der Waals surface area contributed by atoms with Gasteiger partial charge < -0.3 is 4.90 Å². The first-order valence-corrected chi connectivity index (χ1v) is 6.84. The van der Waals surface area contributed by atoms with Crippen molar-refractivity contribution in [2.45, 2.75) is 38.6 Å². The summed E-state index contributed by atoms with van der Waals surface area (Å²) in [5.41, 5.74) is 0.241. The molecule has 0 bridgehead atoms. The van der Waals surface area contributed by atoms with Crippen LogP contribution in [0.5, 0.6) is 0 Å². The third kappa shape index (κ3) is 2.96. The summed E-state index contributed by atoms with van der Waals surface area (Å²) in [4.78, 5) is 13.5. The lowest BCUT2D eigenvalue weighted by molar-refractivity contribution is -0.922. The number of nitrogens with one attached hydrogen (secondary N) is 1. The first-order valence-electron chi connectivity index (χ1n) is 6.84. The SMILES string of the molecule is CC[C@H]1CCCC[NH+]1CC(=O)c1ccccc1F. The number of carbonyl (C=O) groups excluding carboxylic acids is 1. The molecule has 0 aliphatic carbocycles. The predicted molar refractivity (Wildman–Crippen MR) is 69.4 cm³/mol. The van der Waals surface area contributed by atoms with Gasteiger partial charge in [-0.3, -0.25) is 4.79 Å². The number of ketones is 1. The first kappa shape index (κ1) is 13.2. The molecule has 1 fully saturated rings. The lowest BCUT2D eigenvalue weighted by atomic mass is 9.99. The van der Waals surface area contributed by atoms with E-state index in [0.717, 1.165) is 13.0 Å². The standard InChI is InChI=1S/C15H20FNO/c1-2-12-7-5-6-10-17(12)11-15(18)13-8-3-4-9-14(13)16/h3-4,8-9,12H,2,5-7,10-11H2,1H3/p+1/t12-/m0/s1. The second-order valence-corrected chi connectivity index (χ2v) is 5.09. The highest BCUT2D eigenvalue weighted by Gasteiger charge is 2.27. The number of hydrogen-bond acceptors (Lipinski definition) is 1. The molecule has 0 radical (unpaired) electrons. The smallest absolute Gasteiger partial charge is 0.219 e. The number of carbonyl (C=O) groups is 1. The Kier molecular flexibility index (Phi) is 4.48. The average Bonchev–Trinajstić information content (AvgIpc) is 2.39. The molecule has 1 unspecified atom stereocenters. The van der Waals surface area contributed by atoms with Crippen molar-refractivity contribution in [3.63, 3.8) is 0 Å². The molecule has 0 saturated carbocycles. The van der Waals surface area contributed by atoms with E-state index >= 15 is 0 Å². The third-order valence-corrected chi connectivity index (χ3v) is 3.93. The van der Waals surface area contributed by atoms with Gasteiger partial charge in [-0.05, 0) is 37.8 Å². The molecule has 1 heterocycles. The van der Waals surface area contributed by atoms with Gasteiger partial charge in [-0.15, -0.1) is 0 Å². The molecule has 1 saturated heterocycles. The quantitative estimate of drug-likeness (QED) is 0.809. The van der Waals surface area contributed by atoms with Gasteiger partial charge >= 0.3 is 0 Å². The van der Waals surface area contributed by atoms with Gasteiger partial charge in [-0.1, -0.05) is 19.1 Å². The van der Waals surface area contributed by atoms with Crippen molar-refractivity contribution in [1.82, 2.24) is 0 Å². The van der Waals surface area contributed by atoms with Crippen molar-refractivity contribution < 1.29 is 14.1 Å². The van der Waals surface area contributed by atoms with Gasteiger partial charge in [0, 0.05) is 0 Å². The maximum Gasteiger partial charge on any atom is 0.219 e. The van der Waals surface area contributed by atoms with Crippen LogP contribution < -0.4 is 4.90 Å². The number of piperidine rings is 1. The van der Waals surface area contributed by atoms with E-state index in [0.29, 0.717) is 12.6 Å². The van der Waals surface area contributed by atoms with Crippen LogP contribution in [0.4, 0.5) is 4.39 Å². The van der Waals surface area contributed by atoms with Gasteiger partial charge in [0.05, 0.1) is 18.2 Å². The summed E-state index contributed by atoms with van der Waals surface area (Å²) in [7, 11) is 0. The Morgan fingerprint density at radius 2 is 2.17 bits per heavy atom. The molecule has 18 heavy (non-hydrogen) atoms. The molecule has 3 heteroatoms. The highest BCUT2D eigenvalue weighted by Crippen LogP contribution is 2.08. The van der Waals surface area contributed by atoms with E-state index in [1.54, 1.807) is 18.2 Å². The number of rotatable bonds is 4. The van der Waals surface area contributed by atoms with E-state index < -0.39 is 5.82 Å². The van der Waals surface area contributed by atoms with Crippen LogP contribution in [0.2, 0.25) is 0 Å². The normalized spacial score (nSPS) is 23.9. The third-order valence-electron chi connectivity index (χ3n) is 3.93. The molecule has 1 aliphatic rings. The molecule has 2 atom stereocenters. The van der Waals surface area contributed by atoms with Gasteiger partial charge in [0.25, 0.3) is 0 Å². The van der Waals surface area contributed by atoms with Crippen LogP contribution in [0.15, 0.2) is 24.3 Å². The Balaban J connectivity index is 2.04. The van der Waals surface area contributed by atoms with Crippen molar-refractivity contribution in [2.75, 3.05) is 13.1 Å². The Labute approximate surface area is 108 Å². The molecule has 1 aromatic rings. The summed E-state index contributed by atoms with van der Waals surface area (Å²) in [5, 5.41) is 0. The lowest BCUT2D eigenvalue weighted by Gasteiger charge is -2.31. The maximum absolute atomic E-state index is 13.5. The van der Waals surface area contributed by atoms with Crippen LogP contribution in [0.25, 0.3) is 0 Å². The molecule has 2 rings (SSSR count). The fraction of sp³-hybridized carbons (Fsp3) is 0.533. The van der Waals surface area contributed by atoms with Crippen LogP contribution in [0.1, 0.15) is 43.0 Å². The Morgan fingerprint density at radius 1 is 1.39 bits per heavy atom. The molecule has 1 aliphatic heterocycles. The van der Waals surface area contributed by atoms with Crippen LogP contribution >= 0.6 is 0 Å². The van der Waals surface area contributed by atoms with Crippen LogP contribution in [0.3, 0.4) is 0 Å². The molecule has 98 valence electrons. The first-order chi connectivity index (χ1) is 8.72. The lowest BCUT2D eigenvalue weighted by Crippen LogP contribution is -3.17. The zero-order valence-corrected chi connectivity index (χ0v) is 10.9. The van der Waals surface area contributed by atoms with Crippen molar-refractivity contribution >= 4 is 5.78 Å². The van der Waals surface area contributed by atoms with Gasteiger partial charge in [0.2, 0.25) is 5.78 Å². The maximum atomic E-state index is 13.5. The molecule has 2 nitrogen and oxygen atoms in total. The van der Waals surface area contributed by atoms with Crippen LogP contribution in [-0.4, -0.2) is 24.9 Å². The monoisotopic (exact) mass is 250 g/mol. The van der Waals surface area contributed by atoms with E-state index in [4.69, 9.17) is 0 Å². The van der Waals surface area contributed by atoms with Gasteiger partial charge in [0.1, 0.15) is 12.4 Å². The minimum absolute atomic E-state index is 0.0662. The second-order valence-electron chi connectivity index (χ2n) is 5.09. The largest absolute Gasteiger partial charge is 0.326 e. The van der Waals surface area contributed by atoms with Gasteiger partial charge in [0.15, 0.2) is 0 Å². The van der Waals surface area contributed by atoms with E-state index in [-0.39, 0.29) is 11.3 Å². The number of likely N-dealkylation sites (tertiary alicyclic amines) is 1. The topological polar surface area (TPSA) is 21.5 Å². The van der Waals surface area contributed by atoms with Crippen LogP contribution in [-0.2, 0) is 0 Å². The summed E-state index contributed by atoms with van der Waals surface area (Å²) < 4.78 is 13.5. The van der Waals surface area contributed by atoms with Crippen LogP contribution in [0, 0.1) is 5.82 Å². The van der Waals surface area contributed by atoms with E-state index in [2.05, 4.69) is 6.92 Å². The number of benzene rings is 1. The minimum atomic E-state index is -0.396. The summed E-state index contributed by atoms with van der Waals surface area (Å²) >= 11 is 0. The number of halogens is 1. The predicted octanol–water partition coefficient (Wildman–Crippen LogP) is 1.86. The van der Waals surface area contributed by atoms with Gasteiger partial charge in [-0.2, -0.15) is 0 Å². The van der Waals surface area contributed by atoms with Crippen molar-refractivity contribution in [1.29, 1.82) is 0 Å². The summed E-state index contributed by atoms with van der Waals surface area (Å²) in [5.74, 6) is -0.463. The van der Waals surface area contributed by atoms with Crippen molar-refractivity contribution in [2.24, 2.45) is 0 Å². The van der Waals surface area contributed by atoms with E-state index in [1.165, 1.54) is 30.2 Å². The number of quaternary nitrogens is 1. The molecular formula is C15H21FNO+. The molecule has 0 aromatic heterocycles. The van der Waals surface area contributed by atoms with Crippen molar-refractivity contribution in [3.8, 4) is 0 Å². The zero-order valence-electron chi connectivity index (χ0n) is 10.9. The molecule has 1 N–H and O–H groups in total. The Morgan fingerprint density at radius 3 is 2.89 bits per heavy atom. The average molecular weight is 250 g/mol. The van der Waals surface area contributed by atoms with Gasteiger partial charge in [-0.25, -0.2) is 4.39 Å². The highest BCUT2D eigenvalue weighted by atomic mass is 19.1. The van der Waals surface area contributed by atoms with E-state index in [9.17, 15) is 9.18 Å². The second kappa shape index (κ2) is 6.10. The van der Waals surface area contributed by atoms with Crippen molar-refractivity contribution in [3.05, 3.63) is 35.6 Å². The Bertz CT molecular complexity index is 419. The minimum Gasteiger partial charge on any atom is -0.326 e. The molecule has 1 aromatic carbocycles. The number of hydrogen-bond donors (Lipinski definition) is 1. The summed E-state index contributed by atoms with van der Waals surface area (Å²) in [6.07, 6.45) is 4.72. The molecule has 0 spiro atoms. The number of Topliss-reactive ketones (excluding diaryl/α,β-unsaturated/α-hetero) is 1. The fourth-order valence-electron chi connectivity index (χ4n) is 2.87. The summed E-state index contributed by atoms with van der Waals surface area (Å²) in [6, 6.07) is 6.85. The summed E-state index contributed by atoms with van der Waals surface area (Å²) in [6.45, 7) is 3.64. The highest BCUT2D eigenvalue weighted by molar-refractivity contribution is 5.97. The van der Waals surface area contributed by atoms with E-state index in [1.807, 2.05) is 0 Å². The Hall–Kier alpha value is -1.22. The molecular weight excluding hydrogens is 229 g/mol. The fourth-order valence-corrected chi connectivity index (χ4v) is 2.87. The molecule has 0 amide bonds.